The van der Waals surface area contributed by atoms with E-state index < -0.39 is 4.92 Å². The summed E-state index contributed by atoms with van der Waals surface area (Å²) in [5.74, 6) is 0.875. The molecule has 2 aromatic heterocycles. The average molecular weight is 369 g/mol. The predicted molar refractivity (Wildman–Crippen MR) is 97.9 cm³/mol. The van der Waals surface area contributed by atoms with Crippen LogP contribution in [0.2, 0.25) is 0 Å². The fraction of sp³-hybridized carbons (Fsp3) is 0.222. The van der Waals surface area contributed by atoms with Gasteiger partial charge in [-0.3, -0.25) is 24.5 Å². The number of aryl methyl sites for hydroxylation is 1. The SMILES string of the molecule is Cc1ccc(-c2ccc(/C=c3\sc4n(c3=O)CCCN=4)o2)c([N+](=O)[O-])c1. The van der Waals surface area contributed by atoms with Gasteiger partial charge in [0.1, 0.15) is 11.5 Å². The zero-order valence-electron chi connectivity index (χ0n) is 14.0. The zero-order chi connectivity index (χ0) is 18.3. The Kier molecular flexibility index (Phi) is 4.04. The lowest BCUT2D eigenvalue weighted by molar-refractivity contribution is -0.384. The van der Waals surface area contributed by atoms with Crippen LogP contribution in [0.1, 0.15) is 17.7 Å². The van der Waals surface area contributed by atoms with E-state index in [9.17, 15) is 14.9 Å². The van der Waals surface area contributed by atoms with E-state index in [1.807, 2.05) is 0 Å². The highest BCUT2D eigenvalue weighted by Crippen LogP contribution is 2.32. The Morgan fingerprint density at radius 1 is 1.35 bits per heavy atom. The lowest BCUT2D eigenvalue weighted by Gasteiger charge is -2.03. The quantitative estimate of drug-likeness (QED) is 0.523. The first-order valence-corrected chi connectivity index (χ1v) is 8.96. The Morgan fingerprint density at radius 3 is 2.96 bits per heavy atom. The molecule has 0 spiro atoms. The topological polar surface area (TPSA) is 90.6 Å². The Morgan fingerprint density at radius 2 is 2.19 bits per heavy atom. The lowest BCUT2D eigenvalue weighted by atomic mass is 10.1. The molecular formula is C18H15N3O4S. The van der Waals surface area contributed by atoms with Gasteiger partial charge in [-0.05, 0) is 37.1 Å². The second kappa shape index (κ2) is 6.38. The summed E-state index contributed by atoms with van der Waals surface area (Å²) in [6.07, 6.45) is 2.53. The Hall–Kier alpha value is -3.00. The molecule has 7 nitrogen and oxygen atoms in total. The van der Waals surface area contributed by atoms with Crippen LogP contribution in [0.15, 0.2) is 44.5 Å². The molecule has 0 saturated carbocycles. The van der Waals surface area contributed by atoms with Gasteiger partial charge in [0.2, 0.25) is 0 Å². The van der Waals surface area contributed by atoms with Crippen molar-refractivity contribution in [2.24, 2.45) is 4.99 Å². The molecule has 0 atom stereocenters. The van der Waals surface area contributed by atoms with E-state index in [1.165, 1.54) is 17.4 Å². The highest BCUT2D eigenvalue weighted by molar-refractivity contribution is 7.07. The van der Waals surface area contributed by atoms with Crippen LogP contribution in [-0.4, -0.2) is 16.0 Å². The number of benzene rings is 1. The van der Waals surface area contributed by atoms with Crippen molar-refractivity contribution in [1.29, 1.82) is 0 Å². The molecule has 1 aliphatic rings. The number of hydrogen-bond acceptors (Lipinski definition) is 6. The van der Waals surface area contributed by atoms with Crippen LogP contribution in [0.3, 0.4) is 0 Å². The van der Waals surface area contributed by atoms with E-state index in [0.29, 0.717) is 28.2 Å². The summed E-state index contributed by atoms with van der Waals surface area (Å²) in [7, 11) is 0. The highest BCUT2D eigenvalue weighted by Gasteiger charge is 2.18. The third-order valence-electron chi connectivity index (χ3n) is 4.19. The Balaban J connectivity index is 1.78. The van der Waals surface area contributed by atoms with Crippen molar-refractivity contribution in [3.8, 4) is 11.3 Å². The van der Waals surface area contributed by atoms with Crippen molar-refractivity contribution in [1.82, 2.24) is 4.57 Å². The number of rotatable bonds is 3. The maximum Gasteiger partial charge on any atom is 0.280 e. The van der Waals surface area contributed by atoms with Crippen LogP contribution in [0, 0.1) is 17.0 Å². The Labute approximate surface area is 151 Å². The third-order valence-corrected chi connectivity index (χ3v) is 5.23. The second-order valence-corrected chi connectivity index (χ2v) is 7.07. The minimum atomic E-state index is -0.421. The van der Waals surface area contributed by atoms with E-state index >= 15 is 0 Å². The van der Waals surface area contributed by atoms with E-state index in [1.54, 1.807) is 41.8 Å². The monoisotopic (exact) mass is 369 g/mol. The zero-order valence-corrected chi connectivity index (χ0v) is 14.8. The van der Waals surface area contributed by atoms with Gasteiger partial charge >= 0.3 is 0 Å². The van der Waals surface area contributed by atoms with Gasteiger partial charge in [0, 0.05) is 25.2 Å². The van der Waals surface area contributed by atoms with Crippen molar-refractivity contribution in [3.63, 3.8) is 0 Å². The first kappa shape index (κ1) is 16.5. The molecule has 3 aromatic rings. The first-order chi connectivity index (χ1) is 12.5. The molecule has 132 valence electrons. The van der Waals surface area contributed by atoms with Crippen LogP contribution in [0.25, 0.3) is 17.4 Å². The van der Waals surface area contributed by atoms with Crippen LogP contribution in [-0.2, 0) is 6.54 Å². The molecule has 0 radical (unpaired) electrons. The van der Waals surface area contributed by atoms with E-state index in [2.05, 4.69) is 4.99 Å². The number of aromatic nitrogens is 1. The standard InChI is InChI=1S/C18H15N3O4S/c1-11-3-5-13(14(9-11)21(23)24)15-6-4-12(25-15)10-16-17(22)20-8-2-7-19-18(20)26-16/h3-6,9-10H,2,7-8H2,1H3/b16-10-. The van der Waals surface area contributed by atoms with Crippen LogP contribution in [0.4, 0.5) is 5.69 Å². The van der Waals surface area contributed by atoms with Crippen molar-refractivity contribution in [2.75, 3.05) is 6.54 Å². The number of furan rings is 1. The molecule has 8 heteroatoms. The molecule has 0 aliphatic carbocycles. The summed E-state index contributed by atoms with van der Waals surface area (Å²) in [5, 5.41) is 11.3. The van der Waals surface area contributed by atoms with E-state index in [-0.39, 0.29) is 11.2 Å². The summed E-state index contributed by atoms with van der Waals surface area (Å²) >= 11 is 1.33. The molecule has 0 amide bonds. The maximum absolute atomic E-state index is 12.4. The largest absolute Gasteiger partial charge is 0.456 e. The molecule has 26 heavy (non-hydrogen) atoms. The lowest BCUT2D eigenvalue weighted by Crippen LogP contribution is -2.33. The molecule has 1 aliphatic heterocycles. The summed E-state index contributed by atoms with van der Waals surface area (Å²) in [5.41, 5.74) is 1.14. The maximum atomic E-state index is 12.4. The fourth-order valence-corrected chi connectivity index (χ4v) is 3.94. The molecule has 0 saturated heterocycles. The molecular weight excluding hydrogens is 354 g/mol. The molecule has 4 rings (SSSR count). The number of nitro groups is 1. The molecule has 0 fully saturated rings. The Bertz CT molecular complexity index is 1190. The van der Waals surface area contributed by atoms with Gasteiger partial charge < -0.3 is 4.42 Å². The van der Waals surface area contributed by atoms with Crippen LogP contribution >= 0.6 is 11.3 Å². The van der Waals surface area contributed by atoms with Gasteiger partial charge in [-0.1, -0.05) is 17.4 Å². The van der Waals surface area contributed by atoms with Crippen LogP contribution < -0.4 is 14.9 Å². The molecule has 3 heterocycles. The third kappa shape index (κ3) is 2.88. The minimum absolute atomic E-state index is 0.00337. The smallest absolute Gasteiger partial charge is 0.280 e. The van der Waals surface area contributed by atoms with Crippen molar-refractivity contribution in [2.45, 2.75) is 19.9 Å². The summed E-state index contributed by atoms with van der Waals surface area (Å²) in [6.45, 7) is 3.22. The molecule has 1 aromatic carbocycles. The van der Waals surface area contributed by atoms with Gasteiger partial charge in [0.05, 0.1) is 15.0 Å². The normalized spacial score (nSPS) is 14.1. The highest BCUT2D eigenvalue weighted by atomic mass is 32.1. The van der Waals surface area contributed by atoms with Crippen molar-refractivity contribution in [3.05, 3.63) is 71.5 Å². The van der Waals surface area contributed by atoms with Crippen molar-refractivity contribution < 1.29 is 9.34 Å². The van der Waals surface area contributed by atoms with E-state index in [4.69, 9.17) is 4.42 Å². The van der Waals surface area contributed by atoms with E-state index in [0.717, 1.165) is 23.3 Å². The number of nitro benzene ring substituents is 1. The predicted octanol–water partition coefficient (Wildman–Crippen LogP) is 2.24. The van der Waals surface area contributed by atoms with Gasteiger partial charge in [0.15, 0.2) is 4.80 Å². The van der Waals surface area contributed by atoms with Gasteiger partial charge in [-0.2, -0.15) is 0 Å². The number of thiazole rings is 1. The fourth-order valence-electron chi connectivity index (χ4n) is 2.93. The van der Waals surface area contributed by atoms with Crippen molar-refractivity contribution >= 4 is 23.1 Å². The molecule has 0 bridgehead atoms. The van der Waals surface area contributed by atoms with Gasteiger partial charge in [-0.25, -0.2) is 0 Å². The van der Waals surface area contributed by atoms with Gasteiger partial charge in [-0.15, -0.1) is 0 Å². The summed E-state index contributed by atoms with van der Waals surface area (Å²) in [6, 6.07) is 8.38. The summed E-state index contributed by atoms with van der Waals surface area (Å²) < 4.78 is 7.98. The first-order valence-electron chi connectivity index (χ1n) is 8.14. The number of nitrogens with zero attached hydrogens (tertiary/aromatic N) is 3. The molecule has 0 N–H and O–H groups in total. The second-order valence-electron chi connectivity index (χ2n) is 6.07. The molecule has 0 unspecified atom stereocenters. The minimum Gasteiger partial charge on any atom is -0.456 e. The number of hydrogen-bond donors (Lipinski definition) is 0. The van der Waals surface area contributed by atoms with Crippen LogP contribution in [0.5, 0.6) is 0 Å². The number of fused-ring (bicyclic) bond motifs is 1. The summed E-state index contributed by atoms with van der Waals surface area (Å²) in [4.78, 5) is 28.4. The average Bonchev–Trinajstić information content (AvgIpc) is 3.21. The van der Waals surface area contributed by atoms with Gasteiger partial charge in [0.25, 0.3) is 11.2 Å².